The van der Waals surface area contributed by atoms with Crippen LogP contribution >= 0.6 is 11.3 Å². The highest BCUT2D eigenvalue weighted by molar-refractivity contribution is 7.10. The number of benzene rings is 2. The van der Waals surface area contributed by atoms with E-state index in [1.807, 2.05) is 11.3 Å². The Morgan fingerprint density at radius 1 is 0.818 bits per heavy atom. The van der Waals surface area contributed by atoms with Crippen molar-refractivity contribution in [1.29, 1.82) is 0 Å². The molecular weight excluding hydrogens is 284 g/mol. The van der Waals surface area contributed by atoms with Crippen LogP contribution in [0.25, 0.3) is 11.1 Å². The van der Waals surface area contributed by atoms with Crippen LogP contribution in [0, 0.1) is 5.92 Å². The molecule has 1 unspecified atom stereocenters. The predicted octanol–water partition coefficient (Wildman–Crippen LogP) is 6.15. The van der Waals surface area contributed by atoms with Gasteiger partial charge in [0.05, 0.1) is 0 Å². The molecular formula is C21H20S. The van der Waals surface area contributed by atoms with E-state index in [0.717, 1.165) is 11.8 Å². The van der Waals surface area contributed by atoms with Crippen molar-refractivity contribution >= 4 is 11.3 Å². The Morgan fingerprint density at radius 2 is 1.55 bits per heavy atom. The van der Waals surface area contributed by atoms with E-state index in [4.69, 9.17) is 0 Å². The Kier molecular flexibility index (Phi) is 3.82. The zero-order chi connectivity index (χ0) is 14.8. The van der Waals surface area contributed by atoms with Crippen molar-refractivity contribution in [1.82, 2.24) is 0 Å². The largest absolute Gasteiger partial charge is 0.149 e. The molecule has 22 heavy (non-hydrogen) atoms. The van der Waals surface area contributed by atoms with E-state index in [1.54, 1.807) is 4.88 Å². The van der Waals surface area contributed by atoms with Crippen molar-refractivity contribution in [2.45, 2.75) is 25.2 Å². The summed E-state index contributed by atoms with van der Waals surface area (Å²) >= 11 is 1.92. The van der Waals surface area contributed by atoms with Crippen LogP contribution < -0.4 is 0 Å². The van der Waals surface area contributed by atoms with Gasteiger partial charge >= 0.3 is 0 Å². The Hall–Kier alpha value is -1.86. The van der Waals surface area contributed by atoms with Gasteiger partial charge in [-0.25, -0.2) is 0 Å². The Labute approximate surface area is 136 Å². The van der Waals surface area contributed by atoms with Gasteiger partial charge in [0.1, 0.15) is 0 Å². The molecule has 0 bridgehead atoms. The Balaban J connectivity index is 1.53. The van der Waals surface area contributed by atoms with E-state index in [1.165, 1.54) is 36.0 Å². The van der Waals surface area contributed by atoms with Gasteiger partial charge in [-0.15, -0.1) is 11.3 Å². The first kappa shape index (κ1) is 13.8. The molecule has 1 fully saturated rings. The quantitative estimate of drug-likeness (QED) is 0.530. The lowest BCUT2D eigenvalue weighted by molar-refractivity contribution is 0.612. The van der Waals surface area contributed by atoms with Gasteiger partial charge in [-0.05, 0) is 53.3 Å². The van der Waals surface area contributed by atoms with Crippen LogP contribution in [0.1, 0.15) is 29.2 Å². The standard InChI is InChI=1S/C21H20S/c1-2-5-17(6-3-1)18-10-8-16(9-11-18)15-20(19-12-13-19)21-7-4-14-22-21/h1-11,14,19-20H,12-13,15H2. The Bertz CT molecular complexity index is 706. The topological polar surface area (TPSA) is 0 Å². The molecule has 1 aliphatic carbocycles. The second-order valence-electron chi connectivity index (χ2n) is 6.23. The van der Waals surface area contributed by atoms with Crippen LogP contribution in [0.15, 0.2) is 72.1 Å². The molecule has 0 amide bonds. The fourth-order valence-corrected chi connectivity index (χ4v) is 4.14. The van der Waals surface area contributed by atoms with Crippen LogP contribution in [-0.2, 0) is 6.42 Å². The molecule has 0 nitrogen and oxygen atoms in total. The molecule has 0 radical (unpaired) electrons. The van der Waals surface area contributed by atoms with E-state index in [9.17, 15) is 0 Å². The van der Waals surface area contributed by atoms with Crippen LogP contribution in [0.5, 0.6) is 0 Å². The molecule has 1 aromatic heterocycles. The molecule has 1 heterocycles. The van der Waals surface area contributed by atoms with Gasteiger partial charge in [-0.3, -0.25) is 0 Å². The van der Waals surface area contributed by atoms with Gasteiger partial charge in [-0.2, -0.15) is 0 Å². The third-order valence-electron chi connectivity index (χ3n) is 4.62. The van der Waals surface area contributed by atoms with Crippen molar-refractivity contribution in [3.8, 4) is 11.1 Å². The van der Waals surface area contributed by atoms with Crippen molar-refractivity contribution in [3.63, 3.8) is 0 Å². The lowest BCUT2D eigenvalue weighted by Gasteiger charge is -2.15. The molecule has 110 valence electrons. The second kappa shape index (κ2) is 6.10. The van der Waals surface area contributed by atoms with Crippen molar-refractivity contribution in [2.75, 3.05) is 0 Å². The minimum absolute atomic E-state index is 0.725. The van der Waals surface area contributed by atoms with Gasteiger partial charge in [0.25, 0.3) is 0 Å². The number of hydrogen-bond acceptors (Lipinski definition) is 1. The molecule has 0 aliphatic heterocycles. The summed E-state index contributed by atoms with van der Waals surface area (Å²) in [6.07, 6.45) is 4.00. The summed E-state index contributed by atoms with van der Waals surface area (Å²) in [7, 11) is 0. The Morgan fingerprint density at radius 3 is 2.18 bits per heavy atom. The second-order valence-corrected chi connectivity index (χ2v) is 7.21. The van der Waals surface area contributed by atoms with Gasteiger partial charge < -0.3 is 0 Å². The van der Waals surface area contributed by atoms with Crippen molar-refractivity contribution < 1.29 is 0 Å². The van der Waals surface area contributed by atoms with E-state index < -0.39 is 0 Å². The maximum absolute atomic E-state index is 2.31. The van der Waals surface area contributed by atoms with Crippen LogP contribution in [0.4, 0.5) is 0 Å². The monoisotopic (exact) mass is 304 g/mol. The average molecular weight is 304 g/mol. The third-order valence-corrected chi connectivity index (χ3v) is 5.62. The molecule has 0 saturated heterocycles. The maximum atomic E-state index is 2.31. The van der Waals surface area contributed by atoms with E-state index in [0.29, 0.717) is 0 Å². The number of thiophene rings is 1. The summed E-state index contributed by atoms with van der Waals surface area (Å²) in [5.74, 6) is 1.63. The summed E-state index contributed by atoms with van der Waals surface area (Å²) in [5.41, 5.74) is 4.07. The lowest BCUT2D eigenvalue weighted by Crippen LogP contribution is -2.03. The molecule has 1 aliphatic rings. The first-order chi connectivity index (χ1) is 10.9. The van der Waals surface area contributed by atoms with Crippen molar-refractivity contribution in [2.24, 2.45) is 5.92 Å². The fourth-order valence-electron chi connectivity index (χ4n) is 3.22. The van der Waals surface area contributed by atoms with E-state index in [2.05, 4.69) is 72.1 Å². The maximum Gasteiger partial charge on any atom is 0.00822 e. The minimum atomic E-state index is 0.725. The first-order valence-corrected chi connectivity index (χ1v) is 8.96. The summed E-state index contributed by atoms with van der Waals surface area (Å²) in [5, 5.41) is 2.21. The molecule has 3 aromatic rings. The molecule has 1 atom stereocenters. The van der Waals surface area contributed by atoms with Gasteiger partial charge in [-0.1, -0.05) is 60.7 Å². The lowest BCUT2D eigenvalue weighted by atomic mass is 9.92. The fraction of sp³-hybridized carbons (Fsp3) is 0.238. The average Bonchev–Trinajstić information content (AvgIpc) is 3.28. The molecule has 2 aromatic carbocycles. The van der Waals surface area contributed by atoms with Crippen LogP contribution in [-0.4, -0.2) is 0 Å². The molecule has 4 rings (SSSR count). The van der Waals surface area contributed by atoms with E-state index >= 15 is 0 Å². The molecule has 0 N–H and O–H groups in total. The summed E-state index contributed by atoms with van der Waals surface area (Å²) < 4.78 is 0. The van der Waals surface area contributed by atoms with Gasteiger partial charge in [0.2, 0.25) is 0 Å². The molecule has 1 saturated carbocycles. The van der Waals surface area contributed by atoms with Crippen LogP contribution in [0.3, 0.4) is 0 Å². The smallest absolute Gasteiger partial charge is 0.00822 e. The molecule has 1 heteroatoms. The van der Waals surface area contributed by atoms with Crippen LogP contribution in [0.2, 0.25) is 0 Å². The predicted molar refractivity (Wildman–Crippen MR) is 95.4 cm³/mol. The number of rotatable bonds is 5. The van der Waals surface area contributed by atoms with Gasteiger partial charge in [0.15, 0.2) is 0 Å². The highest BCUT2D eigenvalue weighted by Crippen LogP contribution is 2.45. The zero-order valence-corrected chi connectivity index (χ0v) is 13.4. The first-order valence-electron chi connectivity index (χ1n) is 8.08. The third kappa shape index (κ3) is 3.00. The normalized spacial score (nSPS) is 15.6. The van der Waals surface area contributed by atoms with E-state index in [-0.39, 0.29) is 0 Å². The summed E-state index contributed by atoms with van der Waals surface area (Å²) in [6.45, 7) is 0. The summed E-state index contributed by atoms with van der Waals surface area (Å²) in [6, 6.07) is 24.3. The highest BCUT2D eigenvalue weighted by Gasteiger charge is 2.32. The molecule has 0 spiro atoms. The van der Waals surface area contributed by atoms with Gasteiger partial charge in [0, 0.05) is 10.8 Å². The highest BCUT2D eigenvalue weighted by atomic mass is 32.1. The zero-order valence-electron chi connectivity index (χ0n) is 12.6. The SMILES string of the molecule is c1ccc(-c2ccc(CC(c3cccs3)C3CC3)cc2)cc1. The summed E-state index contributed by atoms with van der Waals surface area (Å²) in [4.78, 5) is 1.56. The number of hydrogen-bond donors (Lipinski definition) is 0. The van der Waals surface area contributed by atoms with Crippen molar-refractivity contribution in [3.05, 3.63) is 82.6 Å². The minimum Gasteiger partial charge on any atom is -0.149 e.